The van der Waals surface area contributed by atoms with Crippen molar-refractivity contribution in [1.29, 1.82) is 0 Å². The number of methoxy groups -OCH3 is 1. The van der Waals surface area contributed by atoms with E-state index in [1.165, 1.54) is 45.4 Å². The van der Waals surface area contributed by atoms with Crippen molar-refractivity contribution in [2.24, 2.45) is 0 Å². The Kier molecular flexibility index (Phi) is 10.3. The highest BCUT2D eigenvalue weighted by Gasteiger charge is 2.10. The van der Waals surface area contributed by atoms with E-state index in [1.54, 1.807) is 7.11 Å². The molecular weight excluding hydrogens is 316 g/mol. The number of hydrogen-bond acceptors (Lipinski definition) is 1. The molecule has 0 aromatic heterocycles. The Morgan fingerprint density at radius 1 is 1.00 bits per heavy atom. The summed E-state index contributed by atoms with van der Waals surface area (Å²) in [4.78, 5) is 0. The third-order valence-electron chi connectivity index (χ3n) is 4.75. The fraction of sp³-hybridized carbons (Fsp3) is 0.520. The lowest BCUT2D eigenvalue weighted by Gasteiger charge is -2.16. The van der Waals surface area contributed by atoms with Gasteiger partial charge in [-0.1, -0.05) is 76.0 Å². The van der Waals surface area contributed by atoms with Gasteiger partial charge in [-0.3, -0.25) is 0 Å². The van der Waals surface area contributed by atoms with Crippen LogP contribution in [0.5, 0.6) is 0 Å². The Balaban J connectivity index is 3.47. The molecule has 0 N–H and O–H groups in total. The topological polar surface area (TPSA) is 9.23 Å². The van der Waals surface area contributed by atoms with Crippen molar-refractivity contribution in [3.05, 3.63) is 64.3 Å². The molecule has 1 nitrogen and oxygen atoms in total. The summed E-state index contributed by atoms with van der Waals surface area (Å²) in [6.45, 7) is 16.1. The third-order valence-corrected chi connectivity index (χ3v) is 4.75. The van der Waals surface area contributed by atoms with E-state index in [-0.39, 0.29) is 0 Å². The highest BCUT2D eigenvalue weighted by Crippen LogP contribution is 2.28. The minimum atomic E-state index is 0.664. The molecule has 1 aromatic carbocycles. The van der Waals surface area contributed by atoms with Gasteiger partial charge in [-0.2, -0.15) is 0 Å². The maximum Gasteiger partial charge on any atom is 0.0715 e. The molecule has 1 aromatic rings. The summed E-state index contributed by atoms with van der Waals surface area (Å²) in [7, 11) is 1.77. The molecule has 0 saturated carbocycles. The minimum Gasteiger partial charge on any atom is -0.380 e. The molecule has 0 bridgehead atoms. The molecule has 0 fully saturated rings. The standard InChI is InChI=1S/C25H38O/c1-8-11-19(4)14-23(15-20(5)12-9-2)24-16-22(13-10-3)21(6)25(17-24)18-26-7/h14-17H,4,8-13,18H2,1-3,5-7H3/b20-15+,23-14+. The zero-order valence-corrected chi connectivity index (χ0v) is 17.9. The van der Waals surface area contributed by atoms with Crippen LogP contribution in [0.4, 0.5) is 0 Å². The van der Waals surface area contributed by atoms with Crippen molar-refractivity contribution >= 4 is 5.57 Å². The first-order chi connectivity index (χ1) is 12.5. The molecule has 0 unspecified atom stereocenters. The molecule has 0 heterocycles. The predicted octanol–water partition coefficient (Wildman–Crippen LogP) is 7.58. The average molecular weight is 355 g/mol. The van der Waals surface area contributed by atoms with Gasteiger partial charge in [0.1, 0.15) is 0 Å². The van der Waals surface area contributed by atoms with Crippen LogP contribution in [0.3, 0.4) is 0 Å². The molecule has 26 heavy (non-hydrogen) atoms. The Hall–Kier alpha value is -1.60. The van der Waals surface area contributed by atoms with Crippen LogP contribution in [0, 0.1) is 6.92 Å². The minimum absolute atomic E-state index is 0.664. The molecule has 0 radical (unpaired) electrons. The summed E-state index contributed by atoms with van der Waals surface area (Å²) in [6.07, 6.45) is 11.4. The average Bonchev–Trinajstić information content (AvgIpc) is 2.58. The number of hydrogen-bond donors (Lipinski definition) is 0. The number of ether oxygens (including phenoxy) is 1. The molecule has 0 amide bonds. The Morgan fingerprint density at radius 2 is 1.65 bits per heavy atom. The Morgan fingerprint density at radius 3 is 2.23 bits per heavy atom. The van der Waals surface area contributed by atoms with E-state index in [4.69, 9.17) is 4.74 Å². The normalized spacial score (nSPS) is 12.5. The van der Waals surface area contributed by atoms with Crippen LogP contribution in [0.25, 0.3) is 5.57 Å². The van der Waals surface area contributed by atoms with Gasteiger partial charge in [0.15, 0.2) is 0 Å². The quantitative estimate of drug-likeness (QED) is 0.372. The van der Waals surface area contributed by atoms with Gasteiger partial charge in [-0.25, -0.2) is 0 Å². The lowest BCUT2D eigenvalue weighted by molar-refractivity contribution is 0.184. The van der Waals surface area contributed by atoms with Crippen molar-refractivity contribution < 1.29 is 4.74 Å². The summed E-state index contributed by atoms with van der Waals surface area (Å²) in [5.74, 6) is 0. The van der Waals surface area contributed by atoms with E-state index in [0.29, 0.717) is 6.61 Å². The SMILES string of the molecule is C=C(/C=C(\C=C(/C)CCC)c1cc(CCC)c(C)c(COC)c1)CCC. The zero-order valence-electron chi connectivity index (χ0n) is 17.9. The summed E-state index contributed by atoms with van der Waals surface area (Å²) >= 11 is 0. The largest absolute Gasteiger partial charge is 0.380 e. The highest BCUT2D eigenvalue weighted by atomic mass is 16.5. The van der Waals surface area contributed by atoms with Gasteiger partial charge in [0.05, 0.1) is 6.61 Å². The van der Waals surface area contributed by atoms with Crippen LogP contribution in [0.1, 0.15) is 82.1 Å². The lowest BCUT2D eigenvalue weighted by Crippen LogP contribution is -2.00. The van der Waals surface area contributed by atoms with Crippen molar-refractivity contribution in [2.75, 3.05) is 7.11 Å². The molecule has 144 valence electrons. The van der Waals surface area contributed by atoms with Crippen LogP contribution >= 0.6 is 0 Å². The molecule has 1 rings (SSSR count). The molecule has 0 aliphatic carbocycles. The van der Waals surface area contributed by atoms with E-state index >= 15 is 0 Å². The van der Waals surface area contributed by atoms with Gasteiger partial charge < -0.3 is 4.74 Å². The van der Waals surface area contributed by atoms with E-state index < -0.39 is 0 Å². The number of benzene rings is 1. The van der Waals surface area contributed by atoms with Crippen LogP contribution in [0.2, 0.25) is 0 Å². The van der Waals surface area contributed by atoms with E-state index in [1.807, 2.05) is 0 Å². The first-order valence-electron chi connectivity index (χ1n) is 10.1. The molecule has 0 atom stereocenters. The molecule has 0 aliphatic rings. The van der Waals surface area contributed by atoms with Crippen LogP contribution < -0.4 is 0 Å². The van der Waals surface area contributed by atoms with E-state index in [9.17, 15) is 0 Å². The summed E-state index contributed by atoms with van der Waals surface area (Å²) < 4.78 is 5.46. The van der Waals surface area contributed by atoms with Crippen molar-refractivity contribution in [3.63, 3.8) is 0 Å². The van der Waals surface area contributed by atoms with Gasteiger partial charge >= 0.3 is 0 Å². The first-order valence-corrected chi connectivity index (χ1v) is 10.1. The van der Waals surface area contributed by atoms with Gasteiger partial charge in [0.25, 0.3) is 0 Å². The number of rotatable bonds is 11. The summed E-state index contributed by atoms with van der Waals surface area (Å²) in [5, 5.41) is 0. The van der Waals surface area contributed by atoms with E-state index in [0.717, 1.165) is 32.1 Å². The molecule has 0 saturated heterocycles. The van der Waals surface area contributed by atoms with Gasteiger partial charge in [-0.15, -0.1) is 0 Å². The van der Waals surface area contributed by atoms with Crippen molar-refractivity contribution in [1.82, 2.24) is 0 Å². The van der Waals surface area contributed by atoms with Crippen LogP contribution in [0.15, 0.2) is 42.0 Å². The zero-order chi connectivity index (χ0) is 19.5. The smallest absolute Gasteiger partial charge is 0.0715 e. The number of aryl methyl sites for hydroxylation is 1. The third kappa shape index (κ3) is 6.96. The predicted molar refractivity (Wildman–Crippen MR) is 117 cm³/mol. The number of allylic oxidation sites excluding steroid dienone is 5. The Labute approximate surface area is 161 Å². The molecule has 1 heteroatoms. The fourth-order valence-electron chi connectivity index (χ4n) is 3.39. The molecule has 0 aliphatic heterocycles. The second-order valence-electron chi connectivity index (χ2n) is 7.35. The summed E-state index contributed by atoms with van der Waals surface area (Å²) in [6, 6.07) is 4.68. The maximum absolute atomic E-state index is 5.46. The molecule has 0 spiro atoms. The van der Waals surface area contributed by atoms with E-state index in [2.05, 4.69) is 65.5 Å². The second kappa shape index (κ2) is 11.9. The van der Waals surface area contributed by atoms with Gasteiger partial charge in [-0.05, 0) is 67.0 Å². The van der Waals surface area contributed by atoms with Crippen molar-refractivity contribution in [3.8, 4) is 0 Å². The Bertz CT molecular complexity index is 619. The lowest BCUT2D eigenvalue weighted by atomic mass is 9.91. The van der Waals surface area contributed by atoms with Gasteiger partial charge in [0, 0.05) is 7.11 Å². The summed E-state index contributed by atoms with van der Waals surface area (Å²) in [5.41, 5.74) is 9.30. The van der Waals surface area contributed by atoms with Gasteiger partial charge in [0.2, 0.25) is 0 Å². The van der Waals surface area contributed by atoms with Crippen LogP contribution in [-0.2, 0) is 17.8 Å². The highest BCUT2D eigenvalue weighted by molar-refractivity contribution is 5.77. The maximum atomic E-state index is 5.46. The van der Waals surface area contributed by atoms with Crippen molar-refractivity contribution in [2.45, 2.75) is 79.8 Å². The first kappa shape index (κ1) is 22.4. The monoisotopic (exact) mass is 354 g/mol. The fourth-order valence-corrected chi connectivity index (χ4v) is 3.39. The van der Waals surface area contributed by atoms with Crippen LogP contribution in [-0.4, -0.2) is 7.11 Å². The second-order valence-corrected chi connectivity index (χ2v) is 7.35. The molecular formula is C25H38O.